The van der Waals surface area contributed by atoms with Crippen molar-refractivity contribution in [3.05, 3.63) is 122 Å². The van der Waals surface area contributed by atoms with Gasteiger partial charge < -0.3 is 9.15 Å². The maximum absolute atomic E-state index is 13.8. The normalized spacial score (nSPS) is 14.9. The van der Waals surface area contributed by atoms with E-state index in [-0.39, 0.29) is 43.7 Å². The summed E-state index contributed by atoms with van der Waals surface area (Å²) in [5.74, 6) is -0.0789. The summed E-state index contributed by atoms with van der Waals surface area (Å²) >= 11 is 6.97. The van der Waals surface area contributed by atoms with Crippen molar-refractivity contribution in [3.63, 3.8) is 0 Å². The van der Waals surface area contributed by atoms with Crippen LogP contribution in [0.5, 0.6) is 0 Å². The molecule has 2 aromatic heterocycles. The van der Waals surface area contributed by atoms with Crippen LogP contribution in [-0.2, 0) is 9.53 Å². The second kappa shape index (κ2) is 11.2. The van der Waals surface area contributed by atoms with Gasteiger partial charge in [-0.05, 0) is 50.6 Å². The quantitative estimate of drug-likeness (QED) is 0.164. The van der Waals surface area contributed by atoms with E-state index in [1.165, 1.54) is 28.8 Å². The highest BCUT2D eigenvalue weighted by Crippen LogP contribution is 2.34. The van der Waals surface area contributed by atoms with Crippen LogP contribution in [0.1, 0.15) is 36.8 Å². The summed E-state index contributed by atoms with van der Waals surface area (Å²) in [6.45, 7) is 4.94. The Morgan fingerprint density at radius 1 is 1.12 bits per heavy atom. The Bertz CT molecular complexity index is 2010. The molecule has 3 heterocycles. The lowest BCUT2D eigenvalue weighted by Gasteiger charge is -2.24. The second-order valence-corrected chi connectivity index (χ2v) is 10.6. The lowest BCUT2D eigenvalue weighted by atomic mass is 9.94. The van der Waals surface area contributed by atoms with Crippen LogP contribution < -0.4 is 14.9 Å². The van der Waals surface area contributed by atoms with Gasteiger partial charge in [-0.25, -0.2) is 9.79 Å². The Balaban J connectivity index is 1.65. The average Bonchev–Trinajstić information content (AvgIpc) is 3.52. The summed E-state index contributed by atoms with van der Waals surface area (Å²) in [4.78, 5) is 53.5. The lowest BCUT2D eigenvalue weighted by Crippen LogP contribution is -2.40. The van der Waals surface area contributed by atoms with E-state index >= 15 is 0 Å². The molecule has 1 aliphatic heterocycles. The first-order valence-electron chi connectivity index (χ1n) is 12.5. The largest absolute Gasteiger partial charge is 0.463 e. The number of thiazole rings is 1. The number of hydrogen-bond acceptors (Lipinski definition) is 10. The van der Waals surface area contributed by atoms with Crippen molar-refractivity contribution < 1.29 is 23.8 Å². The Labute approximate surface area is 245 Å². The first-order chi connectivity index (χ1) is 20.0. The van der Waals surface area contributed by atoms with Gasteiger partial charge in [-0.1, -0.05) is 35.1 Å². The number of ether oxygens (including phenoxy) is 1. The molecule has 0 saturated heterocycles. The van der Waals surface area contributed by atoms with Crippen LogP contribution in [0, 0.1) is 27.2 Å². The van der Waals surface area contributed by atoms with Gasteiger partial charge in [-0.2, -0.15) is 0 Å². The van der Waals surface area contributed by atoms with Gasteiger partial charge in [0.1, 0.15) is 16.5 Å². The zero-order valence-electron chi connectivity index (χ0n) is 22.3. The van der Waals surface area contributed by atoms with Crippen LogP contribution >= 0.6 is 22.9 Å². The number of hydrogen-bond donors (Lipinski definition) is 0. The summed E-state index contributed by atoms with van der Waals surface area (Å²) < 4.78 is 12.7. The highest BCUT2D eigenvalue weighted by molar-refractivity contribution is 7.07. The van der Waals surface area contributed by atoms with Gasteiger partial charge in [0.15, 0.2) is 4.80 Å². The van der Waals surface area contributed by atoms with Crippen molar-refractivity contribution >= 4 is 46.4 Å². The Morgan fingerprint density at radius 2 is 1.86 bits per heavy atom. The first-order valence-corrected chi connectivity index (χ1v) is 13.7. The summed E-state index contributed by atoms with van der Waals surface area (Å²) in [5, 5.41) is 23.0. The molecule has 0 saturated carbocycles. The fourth-order valence-corrected chi connectivity index (χ4v) is 5.83. The Kier molecular flexibility index (Phi) is 7.63. The molecular weight excluding hydrogens is 588 g/mol. The molecule has 0 bridgehead atoms. The molecule has 1 atom stereocenters. The van der Waals surface area contributed by atoms with Gasteiger partial charge in [0.05, 0.1) is 38.3 Å². The Morgan fingerprint density at radius 3 is 2.55 bits per heavy atom. The van der Waals surface area contributed by atoms with E-state index in [9.17, 15) is 29.8 Å². The molecule has 0 spiro atoms. The van der Waals surface area contributed by atoms with Crippen molar-refractivity contribution in [3.8, 4) is 11.3 Å². The number of carbonyl (C=O) groups is 1. The molecule has 14 heteroatoms. The van der Waals surface area contributed by atoms with Crippen molar-refractivity contribution in [2.45, 2.75) is 26.8 Å². The number of aromatic nitrogens is 1. The molecule has 1 aliphatic rings. The highest BCUT2D eigenvalue weighted by atomic mass is 35.5. The maximum Gasteiger partial charge on any atom is 0.338 e. The van der Waals surface area contributed by atoms with Gasteiger partial charge in [-0.3, -0.25) is 29.6 Å². The molecule has 12 nitrogen and oxygen atoms in total. The lowest BCUT2D eigenvalue weighted by molar-refractivity contribution is -0.385. The molecular formula is C28H21ClN4O8S. The number of rotatable bonds is 7. The van der Waals surface area contributed by atoms with Crippen molar-refractivity contribution in [1.29, 1.82) is 0 Å². The fraction of sp³-hybridized carbons (Fsp3) is 0.179. The number of nitro benzene ring substituents is 2. The minimum atomic E-state index is -1.02. The average molecular weight is 609 g/mol. The fourth-order valence-electron chi connectivity index (χ4n) is 4.62. The van der Waals surface area contributed by atoms with Crippen LogP contribution in [0.15, 0.2) is 74.0 Å². The molecule has 5 rings (SSSR count). The summed E-state index contributed by atoms with van der Waals surface area (Å²) in [5.41, 5.74) is 0.681. The van der Waals surface area contributed by atoms with Gasteiger partial charge in [0.25, 0.3) is 16.9 Å². The van der Waals surface area contributed by atoms with E-state index in [1.807, 2.05) is 0 Å². The number of allylic oxidation sites excluding steroid dienone is 1. The molecule has 42 heavy (non-hydrogen) atoms. The van der Waals surface area contributed by atoms with Crippen LogP contribution in [0.3, 0.4) is 0 Å². The number of halogens is 1. The van der Waals surface area contributed by atoms with Crippen molar-refractivity contribution in [1.82, 2.24) is 4.57 Å². The zero-order chi connectivity index (χ0) is 30.3. The number of carbonyl (C=O) groups excluding carboxylic acids is 1. The van der Waals surface area contributed by atoms with E-state index < -0.39 is 27.4 Å². The highest BCUT2D eigenvalue weighted by Gasteiger charge is 2.34. The molecule has 214 valence electrons. The zero-order valence-corrected chi connectivity index (χ0v) is 23.9. The smallest absolute Gasteiger partial charge is 0.338 e. The molecule has 0 N–H and O–H groups in total. The van der Waals surface area contributed by atoms with E-state index in [1.54, 1.807) is 51.1 Å². The minimum Gasteiger partial charge on any atom is -0.463 e. The summed E-state index contributed by atoms with van der Waals surface area (Å²) in [7, 11) is 0. The van der Waals surface area contributed by atoms with E-state index in [0.717, 1.165) is 11.3 Å². The maximum atomic E-state index is 13.8. The summed E-state index contributed by atoms with van der Waals surface area (Å²) in [6.07, 6.45) is 1.50. The van der Waals surface area contributed by atoms with Gasteiger partial charge in [0.2, 0.25) is 0 Å². The van der Waals surface area contributed by atoms with E-state index in [4.69, 9.17) is 20.8 Å². The third-order valence-electron chi connectivity index (χ3n) is 6.59. The first kappa shape index (κ1) is 28.6. The molecule has 0 aliphatic carbocycles. The van der Waals surface area contributed by atoms with Crippen LogP contribution in [0.25, 0.3) is 17.4 Å². The number of benzene rings is 2. The van der Waals surface area contributed by atoms with E-state index in [2.05, 4.69) is 4.99 Å². The van der Waals surface area contributed by atoms with Gasteiger partial charge >= 0.3 is 5.97 Å². The third-order valence-corrected chi connectivity index (χ3v) is 7.89. The topological polar surface area (TPSA) is 160 Å². The van der Waals surface area contributed by atoms with Crippen molar-refractivity contribution in [2.24, 2.45) is 4.99 Å². The SMILES string of the molecule is CCOC(=O)C1=C(C)N=c2sc(=Cc3ccc(-c4ccc(Cl)c([N+](=O)[O-])c4)o3)c(=O)n2C1c1ccc(C)c([N+](=O)[O-])c1. The predicted octanol–water partition coefficient (Wildman–Crippen LogP) is 4.84. The van der Waals surface area contributed by atoms with Crippen molar-refractivity contribution in [2.75, 3.05) is 6.61 Å². The Hall–Kier alpha value is -4.88. The van der Waals surface area contributed by atoms with E-state index in [0.29, 0.717) is 28.1 Å². The number of nitrogens with zero attached hydrogens (tertiary/aromatic N) is 4. The molecule has 0 radical (unpaired) electrons. The predicted molar refractivity (Wildman–Crippen MR) is 154 cm³/mol. The number of fused-ring (bicyclic) bond motifs is 1. The van der Waals surface area contributed by atoms with Crippen LogP contribution in [0.2, 0.25) is 5.02 Å². The molecule has 0 amide bonds. The molecule has 0 fully saturated rings. The summed E-state index contributed by atoms with van der Waals surface area (Å²) in [6, 6.07) is 11.0. The van der Waals surface area contributed by atoms with Crippen LogP contribution in [0.4, 0.5) is 11.4 Å². The number of furan rings is 1. The standard InChI is InChI=1S/C28H21ClN4O8S/c1-4-40-27(35)24-15(3)30-28-31(25(24)17-6-5-14(2)20(12-17)32(36)37)26(34)23(42-28)13-18-8-10-22(41-18)16-7-9-19(29)21(11-16)33(38)39/h5-13,25H,4H2,1-3H3. The molecule has 4 aromatic rings. The number of aryl methyl sites for hydroxylation is 1. The third kappa shape index (κ3) is 5.15. The van der Waals surface area contributed by atoms with Gasteiger partial charge in [0, 0.05) is 29.3 Å². The monoisotopic (exact) mass is 608 g/mol. The second-order valence-electron chi connectivity index (χ2n) is 9.23. The van der Waals surface area contributed by atoms with Crippen LogP contribution in [-0.4, -0.2) is 27.0 Å². The molecule has 1 unspecified atom stereocenters. The number of nitro groups is 2. The number of esters is 1. The molecule has 2 aromatic carbocycles. The van der Waals surface area contributed by atoms with Gasteiger partial charge in [-0.15, -0.1) is 0 Å². The minimum absolute atomic E-state index is 0.0115.